The lowest BCUT2D eigenvalue weighted by molar-refractivity contribution is -0.139. The molecule has 6 nitrogen and oxygen atoms in total. The minimum Gasteiger partial charge on any atom is -0.507 e. The first kappa shape index (κ1) is 22.8. The van der Waals surface area contributed by atoms with Crippen LogP contribution in [-0.4, -0.2) is 58.9 Å². The van der Waals surface area contributed by atoms with Crippen LogP contribution in [0.15, 0.2) is 42.0 Å². The molecule has 0 saturated carbocycles. The highest BCUT2D eigenvalue weighted by Crippen LogP contribution is 2.41. The second kappa shape index (κ2) is 9.12. The van der Waals surface area contributed by atoms with Crippen molar-refractivity contribution in [2.45, 2.75) is 26.3 Å². The minimum atomic E-state index is -0.790. The summed E-state index contributed by atoms with van der Waals surface area (Å²) < 4.78 is 0. The van der Waals surface area contributed by atoms with Gasteiger partial charge >= 0.3 is 0 Å². The van der Waals surface area contributed by atoms with Gasteiger partial charge in [-0.25, -0.2) is 0 Å². The van der Waals surface area contributed by atoms with Gasteiger partial charge in [-0.05, 0) is 81.9 Å². The van der Waals surface area contributed by atoms with E-state index in [1.54, 1.807) is 30.3 Å². The average molecular weight is 443 g/mol. The van der Waals surface area contributed by atoms with Crippen LogP contribution in [0.2, 0.25) is 5.02 Å². The summed E-state index contributed by atoms with van der Waals surface area (Å²) in [7, 11) is 3.87. The monoisotopic (exact) mass is 442 g/mol. The van der Waals surface area contributed by atoms with Crippen LogP contribution in [0.1, 0.15) is 34.7 Å². The first-order valence-corrected chi connectivity index (χ1v) is 10.5. The molecule has 1 atom stereocenters. The molecule has 2 aromatic rings. The van der Waals surface area contributed by atoms with Gasteiger partial charge in [0, 0.05) is 11.6 Å². The zero-order valence-electron chi connectivity index (χ0n) is 18.1. The van der Waals surface area contributed by atoms with E-state index in [1.807, 2.05) is 32.8 Å². The van der Waals surface area contributed by atoms with Crippen molar-refractivity contribution >= 4 is 29.1 Å². The molecule has 31 heavy (non-hydrogen) atoms. The number of amides is 1. The number of ketones is 1. The lowest BCUT2D eigenvalue weighted by Gasteiger charge is -2.26. The summed E-state index contributed by atoms with van der Waals surface area (Å²) in [4.78, 5) is 29.4. The van der Waals surface area contributed by atoms with E-state index in [9.17, 15) is 19.8 Å². The molecule has 2 N–H and O–H groups in total. The summed E-state index contributed by atoms with van der Waals surface area (Å²) in [6.07, 6.45) is 0.659. The van der Waals surface area contributed by atoms with E-state index in [1.165, 1.54) is 11.0 Å². The van der Waals surface area contributed by atoms with E-state index in [0.717, 1.165) is 17.7 Å². The van der Waals surface area contributed by atoms with Gasteiger partial charge < -0.3 is 20.0 Å². The second-order valence-corrected chi connectivity index (χ2v) is 8.59. The number of hydrogen-bond donors (Lipinski definition) is 2. The molecule has 3 rings (SSSR count). The van der Waals surface area contributed by atoms with Gasteiger partial charge in [-0.2, -0.15) is 0 Å². The SMILES string of the molecule is Cc1cc(O)c(/C(O)=C2\C(=O)C(=O)N(CCCN(C)C)C2c2cccc(Cl)c2)cc1C. The Morgan fingerprint density at radius 2 is 1.81 bits per heavy atom. The first-order chi connectivity index (χ1) is 14.6. The second-order valence-electron chi connectivity index (χ2n) is 8.16. The maximum atomic E-state index is 13.0. The molecule has 0 aliphatic carbocycles. The van der Waals surface area contributed by atoms with Crippen molar-refractivity contribution in [1.82, 2.24) is 9.80 Å². The fourth-order valence-electron chi connectivity index (χ4n) is 3.83. The lowest BCUT2D eigenvalue weighted by Crippen LogP contribution is -2.32. The van der Waals surface area contributed by atoms with Crippen LogP contribution in [0, 0.1) is 13.8 Å². The number of carbonyl (C=O) groups excluding carboxylic acids is 2. The van der Waals surface area contributed by atoms with Crippen molar-refractivity contribution in [3.8, 4) is 5.75 Å². The predicted molar refractivity (Wildman–Crippen MR) is 121 cm³/mol. The van der Waals surface area contributed by atoms with Crippen molar-refractivity contribution in [1.29, 1.82) is 0 Å². The Balaban J connectivity index is 2.16. The van der Waals surface area contributed by atoms with Crippen molar-refractivity contribution < 1.29 is 19.8 Å². The lowest BCUT2D eigenvalue weighted by atomic mass is 9.94. The average Bonchev–Trinajstić information content (AvgIpc) is 2.95. The number of benzene rings is 2. The molecule has 1 unspecified atom stereocenters. The molecular weight excluding hydrogens is 416 g/mol. The molecule has 1 heterocycles. The van der Waals surface area contributed by atoms with Gasteiger partial charge in [0.25, 0.3) is 11.7 Å². The fraction of sp³-hybridized carbons (Fsp3) is 0.333. The van der Waals surface area contributed by atoms with Gasteiger partial charge in [-0.3, -0.25) is 9.59 Å². The number of aliphatic hydroxyl groups is 1. The van der Waals surface area contributed by atoms with Gasteiger partial charge in [0.15, 0.2) is 0 Å². The number of nitrogens with zero attached hydrogens (tertiary/aromatic N) is 2. The van der Waals surface area contributed by atoms with Gasteiger partial charge in [-0.1, -0.05) is 23.7 Å². The number of halogens is 1. The smallest absolute Gasteiger partial charge is 0.295 e. The van der Waals surface area contributed by atoms with Crippen LogP contribution < -0.4 is 0 Å². The zero-order valence-corrected chi connectivity index (χ0v) is 18.9. The summed E-state index contributed by atoms with van der Waals surface area (Å²) >= 11 is 6.18. The molecule has 1 amide bonds. The number of hydrogen-bond acceptors (Lipinski definition) is 5. The molecule has 0 bridgehead atoms. The van der Waals surface area contributed by atoms with Gasteiger partial charge in [0.2, 0.25) is 0 Å². The fourth-order valence-corrected chi connectivity index (χ4v) is 4.03. The quantitative estimate of drug-likeness (QED) is 0.401. The third-order valence-electron chi connectivity index (χ3n) is 5.58. The Kier molecular flexibility index (Phi) is 6.72. The van der Waals surface area contributed by atoms with Crippen LogP contribution in [0.5, 0.6) is 5.75 Å². The number of Topliss-reactive ketones (excluding diaryl/α,β-unsaturated/α-hetero) is 1. The van der Waals surface area contributed by atoms with E-state index in [0.29, 0.717) is 23.6 Å². The number of rotatable bonds is 6. The summed E-state index contributed by atoms with van der Waals surface area (Å²) in [5, 5.41) is 22.0. The molecular formula is C24H27ClN2O4. The van der Waals surface area contributed by atoms with E-state index in [4.69, 9.17) is 11.6 Å². The van der Waals surface area contributed by atoms with Crippen LogP contribution in [0.3, 0.4) is 0 Å². The first-order valence-electron chi connectivity index (χ1n) is 10.1. The van der Waals surface area contributed by atoms with Crippen molar-refractivity contribution in [2.75, 3.05) is 27.2 Å². The van der Waals surface area contributed by atoms with Gasteiger partial charge in [0.1, 0.15) is 11.5 Å². The largest absolute Gasteiger partial charge is 0.507 e. The molecule has 2 aromatic carbocycles. The van der Waals surface area contributed by atoms with E-state index < -0.39 is 17.7 Å². The summed E-state index contributed by atoms with van der Waals surface area (Å²) in [5.41, 5.74) is 2.40. The molecule has 7 heteroatoms. The number of likely N-dealkylation sites (tertiary alicyclic amines) is 1. The summed E-state index contributed by atoms with van der Waals surface area (Å²) in [6.45, 7) is 4.77. The molecule has 0 radical (unpaired) electrons. The van der Waals surface area contributed by atoms with E-state index in [2.05, 4.69) is 0 Å². The number of aliphatic hydroxyl groups excluding tert-OH is 1. The minimum absolute atomic E-state index is 0.0457. The third kappa shape index (κ3) is 4.60. The zero-order chi connectivity index (χ0) is 22.9. The van der Waals surface area contributed by atoms with Crippen molar-refractivity contribution in [2.24, 2.45) is 0 Å². The van der Waals surface area contributed by atoms with E-state index in [-0.39, 0.29) is 22.6 Å². The maximum absolute atomic E-state index is 13.0. The van der Waals surface area contributed by atoms with Crippen LogP contribution in [-0.2, 0) is 9.59 Å². The molecule has 1 saturated heterocycles. The number of phenols is 1. The number of phenolic OH excluding ortho intramolecular Hbond substituents is 1. The Morgan fingerprint density at radius 1 is 1.13 bits per heavy atom. The Labute approximate surface area is 187 Å². The molecule has 1 aliphatic heterocycles. The Hall–Kier alpha value is -2.83. The van der Waals surface area contributed by atoms with Gasteiger partial charge in [-0.15, -0.1) is 0 Å². The highest BCUT2D eigenvalue weighted by molar-refractivity contribution is 6.46. The van der Waals surface area contributed by atoms with Gasteiger partial charge in [0.05, 0.1) is 17.2 Å². The third-order valence-corrected chi connectivity index (χ3v) is 5.81. The number of aromatic hydroxyl groups is 1. The molecule has 164 valence electrons. The van der Waals surface area contributed by atoms with Crippen LogP contribution in [0.25, 0.3) is 5.76 Å². The summed E-state index contributed by atoms with van der Waals surface area (Å²) in [5.74, 6) is -1.98. The topological polar surface area (TPSA) is 81.1 Å². The maximum Gasteiger partial charge on any atom is 0.295 e. The molecule has 0 spiro atoms. The molecule has 1 fully saturated rings. The van der Waals surface area contributed by atoms with Crippen LogP contribution >= 0.6 is 11.6 Å². The van der Waals surface area contributed by atoms with Crippen molar-refractivity contribution in [3.63, 3.8) is 0 Å². The Bertz CT molecular complexity index is 1060. The highest BCUT2D eigenvalue weighted by Gasteiger charge is 2.46. The number of aryl methyl sites for hydroxylation is 2. The summed E-state index contributed by atoms with van der Waals surface area (Å²) in [6, 6.07) is 9.27. The highest BCUT2D eigenvalue weighted by atomic mass is 35.5. The van der Waals surface area contributed by atoms with E-state index >= 15 is 0 Å². The molecule has 1 aliphatic rings. The standard InChI is InChI=1S/C24H27ClN2O4/c1-14-11-18(19(28)12-15(14)2)22(29)20-21(16-7-5-8-17(25)13-16)27(24(31)23(20)30)10-6-9-26(3)4/h5,7-8,11-13,21,28-29H,6,9-10H2,1-4H3/b22-20+. The van der Waals surface area contributed by atoms with Crippen molar-refractivity contribution in [3.05, 3.63) is 69.2 Å². The predicted octanol–water partition coefficient (Wildman–Crippen LogP) is 4.04. The number of carbonyl (C=O) groups is 2. The normalized spacial score (nSPS) is 18.3. The molecule has 0 aromatic heterocycles. The Morgan fingerprint density at radius 3 is 2.45 bits per heavy atom. The van der Waals surface area contributed by atoms with Crippen LogP contribution in [0.4, 0.5) is 0 Å².